The summed E-state index contributed by atoms with van der Waals surface area (Å²) in [4.78, 5) is 11.7. The molecule has 0 aromatic heterocycles. The molecule has 2 rings (SSSR count). The maximum atomic E-state index is 11.7. The fourth-order valence-corrected chi connectivity index (χ4v) is 2.64. The Morgan fingerprint density at radius 2 is 2.11 bits per heavy atom. The first-order valence-electron chi connectivity index (χ1n) is 7.26. The minimum atomic E-state index is -0.0447. The summed E-state index contributed by atoms with van der Waals surface area (Å²) >= 11 is 0. The van der Waals surface area contributed by atoms with E-state index in [9.17, 15) is 4.79 Å². The highest BCUT2D eigenvalue weighted by atomic mass is 16.2. The number of aryl methyl sites for hydroxylation is 1. The first-order chi connectivity index (χ1) is 9.16. The van der Waals surface area contributed by atoms with Crippen molar-refractivity contribution in [3.05, 3.63) is 35.4 Å². The van der Waals surface area contributed by atoms with Gasteiger partial charge in [-0.1, -0.05) is 38.1 Å². The van der Waals surface area contributed by atoms with E-state index in [0.717, 1.165) is 13.1 Å². The molecule has 0 radical (unpaired) electrons. The molecule has 1 atom stereocenters. The average molecular weight is 260 g/mol. The Balaban J connectivity index is 1.86. The van der Waals surface area contributed by atoms with Crippen LogP contribution >= 0.6 is 0 Å². The molecule has 1 aromatic rings. The van der Waals surface area contributed by atoms with Crippen LogP contribution in [-0.2, 0) is 6.42 Å². The van der Waals surface area contributed by atoms with E-state index in [0.29, 0.717) is 11.8 Å². The third kappa shape index (κ3) is 3.98. The number of hydrogen-bond acceptors (Lipinski definition) is 1. The molecule has 0 bridgehead atoms. The van der Waals surface area contributed by atoms with Gasteiger partial charge in [0.1, 0.15) is 0 Å². The van der Waals surface area contributed by atoms with Crippen molar-refractivity contribution in [1.29, 1.82) is 0 Å². The zero-order valence-corrected chi connectivity index (χ0v) is 11.9. The molecule has 0 spiro atoms. The molecular weight excluding hydrogens is 236 g/mol. The van der Waals surface area contributed by atoms with Crippen LogP contribution in [0.15, 0.2) is 24.3 Å². The number of nitrogens with one attached hydrogen (secondary N) is 2. The van der Waals surface area contributed by atoms with Crippen LogP contribution < -0.4 is 10.6 Å². The molecule has 2 N–H and O–H groups in total. The highest BCUT2D eigenvalue weighted by molar-refractivity contribution is 5.73. The van der Waals surface area contributed by atoms with E-state index in [-0.39, 0.29) is 6.03 Å². The Kier molecular flexibility index (Phi) is 4.83. The van der Waals surface area contributed by atoms with Gasteiger partial charge in [0.15, 0.2) is 0 Å². The fourth-order valence-electron chi connectivity index (χ4n) is 2.64. The maximum Gasteiger partial charge on any atom is 0.314 e. The second-order valence-electron chi connectivity index (χ2n) is 5.77. The van der Waals surface area contributed by atoms with Crippen molar-refractivity contribution in [2.45, 2.75) is 39.0 Å². The Hall–Kier alpha value is -1.51. The molecular formula is C16H24N2O. The average Bonchev–Trinajstić information content (AvgIpc) is 2.42. The van der Waals surface area contributed by atoms with E-state index >= 15 is 0 Å². The second kappa shape index (κ2) is 6.60. The van der Waals surface area contributed by atoms with Gasteiger partial charge in [-0.3, -0.25) is 0 Å². The van der Waals surface area contributed by atoms with E-state index in [1.807, 2.05) is 0 Å². The highest BCUT2D eigenvalue weighted by Crippen LogP contribution is 2.30. The summed E-state index contributed by atoms with van der Waals surface area (Å²) in [6.07, 6.45) is 3.56. The van der Waals surface area contributed by atoms with Gasteiger partial charge in [0.2, 0.25) is 0 Å². The molecule has 0 aliphatic heterocycles. The van der Waals surface area contributed by atoms with Crippen LogP contribution in [0.4, 0.5) is 4.79 Å². The summed E-state index contributed by atoms with van der Waals surface area (Å²) in [5.74, 6) is 0.955. The van der Waals surface area contributed by atoms with Crippen molar-refractivity contribution < 1.29 is 4.79 Å². The first kappa shape index (κ1) is 13.9. The van der Waals surface area contributed by atoms with E-state index in [4.69, 9.17) is 0 Å². The molecule has 3 nitrogen and oxygen atoms in total. The molecule has 0 saturated heterocycles. The normalized spacial score (nSPS) is 17.9. The smallest absolute Gasteiger partial charge is 0.314 e. The fraction of sp³-hybridized carbons (Fsp3) is 0.562. The van der Waals surface area contributed by atoms with Crippen molar-refractivity contribution >= 4 is 6.03 Å². The molecule has 1 aromatic carbocycles. The van der Waals surface area contributed by atoms with Gasteiger partial charge < -0.3 is 10.6 Å². The Bertz CT molecular complexity index is 429. The van der Waals surface area contributed by atoms with Crippen LogP contribution in [-0.4, -0.2) is 19.1 Å². The van der Waals surface area contributed by atoms with Gasteiger partial charge in [0, 0.05) is 19.0 Å². The van der Waals surface area contributed by atoms with Crippen LogP contribution in [0.25, 0.3) is 0 Å². The van der Waals surface area contributed by atoms with Gasteiger partial charge in [-0.2, -0.15) is 0 Å². The van der Waals surface area contributed by atoms with E-state index < -0.39 is 0 Å². The van der Waals surface area contributed by atoms with Crippen molar-refractivity contribution in [3.8, 4) is 0 Å². The number of amides is 2. The third-order valence-electron chi connectivity index (χ3n) is 3.67. The number of urea groups is 1. The lowest BCUT2D eigenvalue weighted by molar-refractivity contribution is 0.238. The summed E-state index contributed by atoms with van der Waals surface area (Å²) in [5, 5.41) is 5.89. The van der Waals surface area contributed by atoms with Gasteiger partial charge >= 0.3 is 6.03 Å². The standard InChI is InChI=1S/C16H24N2O/c1-12(2)10-17-16(19)18-11-14-8-5-7-13-6-3-4-9-15(13)14/h3-4,6,9,12,14H,5,7-8,10-11H2,1-2H3,(H2,17,18,19). The Morgan fingerprint density at radius 3 is 2.89 bits per heavy atom. The van der Waals surface area contributed by atoms with Gasteiger partial charge in [0.25, 0.3) is 0 Å². The second-order valence-corrected chi connectivity index (χ2v) is 5.77. The highest BCUT2D eigenvalue weighted by Gasteiger charge is 2.19. The van der Waals surface area contributed by atoms with Crippen LogP contribution in [0.1, 0.15) is 43.7 Å². The number of benzene rings is 1. The van der Waals surface area contributed by atoms with E-state index in [1.54, 1.807) is 0 Å². The number of carbonyl (C=O) groups excluding carboxylic acids is 1. The summed E-state index contributed by atoms with van der Waals surface area (Å²) in [6, 6.07) is 8.56. The van der Waals surface area contributed by atoms with Crippen LogP contribution in [0.5, 0.6) is 0 Å². The lowest BCUT2D eigenvalue weighted by atomic mass is 9.83. The number of hydrogen-bond donors (Lipinski definition) is 2. The summed E-state index contributed by atoms with van der Waals surface area (Å²) in [7, 11) is 0. The van der Waals surface area contributed by atoms with Gasteiger partial charge in [-0.15, -0.1) is 0 Å². The lowest BCUT2D eigenvalue weighted by Crippen LogP contribution is -2.39. The molecule has 19 heavy (non-hydrogen) atoms. The molecule has 0 heterocycles. The van der Waals surface area contributed by atoms with Gasteiger partial charge in [0.05, 0.1) is 0 Å². The molecule has 2 amide bonds. The van der Waals surface area contributed by atoms with Crippen molar-refractivity contribution in [2.24, 2.45) is 5.92 Å². The molecule has 104 valence electrons. The molecule has 1 aliphatic carbocycles. The molecule has 1 unspecified atom stereocenters. The zero-order valence-electron chi connectivity index (χ0n) is 11.9. The van der Waals surface area contributed by atoms with Crippen molar-refractivity contribution in [3.63, 3.8) is 0 Å². The topological polar surface area (TPSA) is 41.1 Å². The number of rotatable bonds is 4. The third-order valence-corrected chi connectivity index (χ3v) is 3.67. The van der Waals surface area contributed by atoms with Crippen molar-refractivity contribution in [1.82, 2.24) is 10.6 Å². The number of fused-ring (bicyclic) bond motifs is 1. The van der Waals surface area contributed by atoms with Crippen LogP contribution in [0, 0.1) is 5.92 Å². The predicted octanol–water partition coefficient (Wildman–Crippen LogP) is 3.06. The summed E-state index contributed by atoms with van der Waals surface area (Å²) in [5.41, 5.74) is 2.86. The van der Waals surface area contributed by atoms with E-state index in [2.05, 4.69) is 48.7 Å². The largest absolute Gasteiger partial charge is 0.338 e. The maximum absolute atomic E-state index is 11.7. The predicted molar refractivity (Wildman–Crippen MR) is 78.4 cm³/mol. The zero-order chi connectivity index (χ0) is 13.7. The molecule has 3 heteroatoms. The number of carbonyl (C=O) groups is 1. The van der Waals surface area contributed by atoms with Gasteiger partial charge in [-0.05, 0) is 36.3 Å². The minimum absolute atomic E-state index is 0.0447. The van der Waals surface area contributed by atoms with Crippen molar-refractivity contribution in [2.75, 3.05) is 13.1 Å². The molecule has 1 aliphatic rings. The summed E-state index contributed by atoms with van der Waals surface area (Å²) < 4.78 is 0. The Morgan fingerprint density at radius 1 is 1.32 bits per heavy atom. The monoisotopic (exact) mass is 260 g/mol. The minimum Gasteiger partial charge on any atom is -0.338 e. The molecule has 0 saturated carbocycles. The van der Waals surface area contributed by atoms with E-state index in [1.165, 1.54) is 30.4 Å². The SMILES string of the molecule is CC(C)CNC(=O)NCC1CCCc2ccccc21. The lowest BCUT2D eigenvalue weighted by Gasteiger charge is -2.25. The molecule has 0 fully saturated rings. The first-order valence-corrected chi connectivity index (χ1v) is 7.26. The van der Waals surface area contributed by atoms with Crippen LogP contribution in [0.3, 0.4) is 0 Å². The van der Waals surface area contributed by atoms with Gasteiger partial charge in [-0.25, -0.2) is 4.79 Å². The quantitative estimate of drug-likeness (QED) is 0.858. The summed E-state index contributed by atoms with van der Waals surface area (Å²) in [6.45, 7) is 5.66. The Labute approximate surface area is 115 Å². The van der Waals surface area contributed by atoms with Crippen LogP contribution in [0.2, 0.25) is 0 Å².